The van der Waals surface area contributed by atoms with Gasteiger partial charge in [0.1, 0.15) is 0 Å². The standard InChI is InChI=1S/C10H15N5OS/c1-3-9-13-8(14-16-9)6-15(2)5-7-4-12-10(11)17-7/h4H,3,5-6H2,1-2H3,(H2,11,12). The Morgan fingerprint density at radius 3 is 2.88 bits per heavy atom. The van der Waals surface area contributed by atoms with Crippen LogP contribution in [0, 0.1) is 0 Å². The van der Waals surface area contributed by atoms with Crippen LogP contribution in [0.2, 0.25) is 0 Å². The van der Waals surface area contributed by atoms with Crippen molar-refractivity contribution in [1.82, 2.24) is 20.0 Å². The molecule has 17 heavy (non-hydrogen) atoms. The quantitative estimate of drug-likeness (QED) is 0.865. The summed E-state index contributed by atoms with van der Waals surface area (Å²) in [6.07, 6.45) is 2.56. The van der Waals surface area contributed by atoms with Gasteiger partial charge in [0.15, 0.2) is 11.0 Å². The van der Waals surface area contributed by atoms with Crippen molar-refractivity contribution in [1.29, 1.82) is 0 Å². The van der Waals surface area contributed by atoms with Gasteiger partial charge in [-0.15, -0.1) is 11.3 Å². The number of nitrogen functional groups attached to an aromatic ring is 1. The summed E-state index contributed by atoms with van der Waals surface area (Å²) in [5.74, 6) is 1.39. The van der Waals surface area contributed by atoms with Gasteiger partial charge in [-0.2, -0.15) is 4.98 Å². The van der Waals surface area contributed by atoms with Gasteiger partial charge < -0.3 is 10.3 Å². The zero-order valence-electron chi connectivity index (χ0n) is 9.88. The molecule has 0 radical (unpaired) electrons. The first-order valence-corrected chi connectivity index (χ1v) is 6.19. The van der Waals surface area contributed by atoms with Crippen molar-refractivity contribution in [2.45, 2.75) is 26.4 Å². The molecule has 2 aromatic heterocycles. The van der Waals surface area contributed by atoms with Crippen LogP contribution in [0.4, 0.5) is 5.13 Å². The van der Waals surface area contributed by atoms with Crippen LogP contribution in [-0.4, -0.2) is 27.1 Å². The van der Waals surface area contributed by atoms with Crippen LogP contribution in [0.5, 0.6) is 0 Å². The van der Waals surface area contributed by atoms with Gasteiger partial charge >= 0.3 is 0 Å². The predicted octanol–water partition coefficient (Wildman–Crippen LogP) is 1.30. The predicted molar refractivity (Wildman–Crippen MR) is 65.4 cm³/mol. The van der Waals surface area contributed by atoms with Crippen LogP contribution in [0.1, 0.15) is 23.5 Å². The van der Waals surface area contributed by atoms with Crippen molar-refractivity contribution >= 4 is 16.5 Å². The van der Waals surface area contributed by atoms with Crippen LogP contribution >= 0.6 is 11.3 Å². The third-order valence-electron chi connectivity index (χ3n) is 2.22. The highest BCUT2D eigenvalue weighted by Crippen LogP contribution is 2.16. The Labute approximate surface area is 103 Å². The first kappa shape index (κ1) is 12.0. The summed E-state index contributed by atoms with van der Waals surface area (Å²) in [6, 6.07) is 0. The Balaban J connectivity index is 1.90. The molecule has 0 amide bonds. The van der Waals surface area contributed by atoms with E-state index in [4.69, 9.17) is 10.3 Å². The molecule has 0 aliphatic heterocycles. The molecule has 7 heteroatoms. The van der Waals surface area contributed by atoms with Crippen molar-refractivity contribution in [3.63, 3.8) is 0 Å². The fourth-order valence-corrected chi connectivity index (χ4v) is 2.22. The van der Waals surface area contributed by atoms with Gasteiger partial charge in [-0.05, 0) is 7.05 Å². The molecule has 92 valence electrons. The maximum absolute atomic E-state index is 5.58. The SMILES string of the molecule is CCc1nc(CN(C)Cc2cnc(N)s2)no1. The molecule has 2 rings (SSSR count). The minimum absolute atomic E-state index is 0.598. The first-order chi connectivity index (χ1) is 8.17. The fraction of sp³-hybridized carbons (Fsp3) is 0.500. The molecule has 2 N–H and O–H groups in total. The van der Waals surface area contributed by atoms with E-state index in [0.29, 0.717) is 23.4 Å². The normalized spacial score (nSPS) is 11.2. The van der Waals surface area contributed by atoms with E-state index in [1.807, 2.05) is 14.0 Å². The lowest BCUT2D eigenvalue weighted by Gasteiger charge is -2.11. The number of hydrogen-bond acceptors (Lipinski definition) is 7. The van der Waals surface area contributed by atoms with Crippen LogP contribution in [-0.2, 0) is 19.5 Å². The Kier molecular flexibility index (Phi) is 3.70. The van der Waals surface area contributed by atoms with Gasteiger partial charge in [0.05, 0.1) is 6.54 Å². The lowest BCUT2D eigenvalue weighted by Crippen LogP contribution is -2.17. The van der Waals surface area contributed by atoms with Crippen LogP contribution in [0.25, 0.3) is 0 Å². The smallest absolute Gasteiger partial charge is 0.226 e. The zero-order valence-corrected chi connectivity index (χ0v) is 10.7. The monoisotopic (exact) mass is 253 g/mol. The first-order valence-electron chi connectivity index (χ1n) is 5.37. The number of rotatable bonds is 5. The molecular weight excluding hydrogens is 238 g/mol. The summed E-state index contributed by atoms with van der Waals surface area (Å²) in [7, 11) is 2.00. The summed E-state index contributed by atoms with van der Waals surface area (Å²) in [4.78, 5) is 11.5. The highest BCUT2D eigenvalue weighted by Gasteiger charge is 2.09. The molecule has 2 heterocycles. The summed E-state index contributed by atoms with van der Waals surface area (Å²) in [6.45, 7) is 3.42. The Hall–Kier alpha value is -1.47. The van der Waals surface area contributed by atoms with E-state index in [-0.39, 0.29) is 0 Å². The van der Waals surface area contributed by atoms with E-state index in [9.17, 15) is 0 Å². The largest absolute Gasteiger partial charge is 0.375 e. The molecule has 0 atom stereocenters. The minimum Gasteiger partial charge on any atom is -0.375 e. The minimum atomic E-state index is 0.598. The summed E-state index contributed by atoms with van der Waals surface area (Å²) < 4.78 is 5.05. The lowest BCUT2D eigenvalue weighted by molar-refractivity contribution is 0.302. The molecular formula is C10H15N5OS. The third kappa shape index (κ3) is 3.24. The van der Waals surface area contributed by atoms with Gasteiger partial charge in [0, 0.05) is 24.0 Å². The number of hydrogen-bond donors (Lipinski definition) is 1. The zero-order chi connectivity index (χ0) is 12.3. The van der Waals surface area contributed by atoms with E-state index in [1.165, 1.54) is 11.3 Å². The number of anilines is 1. The summed E-state index contributed by atoms with van der Waals surface area (Å²) in [5, 5.41) is 4.51. The van der Waals surface area contributed by atoms with Crippen molar-refractivity contribution in [3.05, 3.63) is 22.8 Å². The van der Waals surface area contributed by atoms with Gasteiger partial charge in [-0.25, -0.2) is 4.98 Å². The number of thiazole rings is 1. The molecule has 0 saturated heterocycles. The molecule has 0 bridgehead atoms. The van der Waals surface area contributed by atoms with Gasteiger partial charge in [0.2, 0.25) is 5.89 Å². The highest BCUT2D eigenvalue weighted by molar-refractivity contribution is 7.15. The average molecular weight is 253 g/mol. The van der Waals surface area contributed by atoms with Crippen LogP contribution in [0.3, 0.4) is 0 Å². The van der Waals surface area contributed by atoms with Gasteiger partial charge in [-0.1, -0.05) is 12.1 Å². The fourth-order valence-electron chi connectivity index (χ4n) is 1.46. The number of nitrogens with zero attached hydrogens (tertiary/aromatic N) is 4. The topological polar surface area (TPSA) is 81.1 Å². The van der Waals surface area contributed by atoms with E-state index < -0.39 is 0 Å². The molecule has 0 spiro atoms. The molecule has 0 unspecified atom stereocenters. The number of aryl methyl sites for hydroxylation is 1. The molecule has 0 aliphatic rings. The van der Waals surface area contributed by atoms with E-state index in [1.54, 1.807) is 6.20 Å². The lowest BCUT2D eigenvalue weighted by atomic mass is 10.4. The van der Waals surface area contributed by atoms with Crippen molar-refractivity contribution in [3.8, 4) is 0 Å². The Morgan fingerprint density at radius 2 is 2.29 bits per heavy atom. The third-order valence-corrected chi connectivity index (χ3v) is 3.03. The van der Waals surface area contributed by atoms with Crippen molar-refractivity contribution < 1.29 is 4.52 Å². The van der Waals surface area contributed by atoms with Crippen LogP contribution < -0.4 is 5.73 Å². The maximum atomic E-state index is 5.58. The summed E-state index contributed by atoms with van der Waals surface area (Å²) in [5.41, 5.74) is 5.58. The van der Waals surface area contributed by atoms with Crippen molar-refractivity contribution in [2.24, 2.45) is 0 Å². The second-order valence-electron chi connectivity index (χ2n) is 3.79. The summed E-state index contributed by atoms with van der Waals surface area (Å²) >= 11 is 1.50. The molecule has 6 nitrogen and oxygen atoms in total. The van der Waals surface area contributed by atoms with Gasteiger partial charge in [0.25, 0.3) is 0 Å². The number of nitrogens with two attached hydrogens (primary N) is 1. The highest BCUT2D eigenvalue weighted by atomic mass is 32.1. The maximum Gasteiger partial charge on any atom is 0.226 e. The van der Waals surface area contributed by atoms with E-state index >= 15 is 0 Å². The van der Waals surface area contributed by atoms with Crippen molar-refractivity contribution in [2.75, 3.05) is 12.8 Å². The van der Waals surface area contributed by atoms with Crippen LogP contribution in [0.15, 0.2) is 10.7 Å². The second-order valence-corrected chi connectivity index (χ2v) is 4.94. The van der Waals surface area contributed by atoms with E-state index in [0.717, 1.165) is 17.8 Å². The average Bonchev–Trinajstić information content (AvgIpc) is 2.88. The molecule has 0 aliphatic carbocycles. The van der Waals surface area contributed by atoms with Gasteiger partial charge in [-0.3, -0.25) is 4.90 Å². The Morgan fingerprint density at radius 1 is 1.47 bits per heavy atom. The molecule has 2 aromatic rings. The van der Waals surface area contributed by atoms with E-state index in [2.05, 4.69) is 20.0 Å². The molecule has 0 saturated carbocycles. The molecule has 0 fully saturated rings. The molecule has 0 aromatic carbocycles. The Bertz CT molecular complexity index is 481. The number of aromatic nitrogens is 3. The second kappa shape index (κ2) is 5.24.